The number of amides is 2. The second-order valence-corrected chi connectivity index (χ2v) is 5.01. The van der Waals surface area contributed by atoms with E-state index < -0.39 is 0 Å². The molecule has 3 N–H and O–H groups in total. The lowest BCUT2D eigenvalue weighted by atomic mass is 10.2. The lowest BCUT2D eigenvalue weighted by molar-refractivity contribution is -0.120. The van der Waals surface area contributed by atoms with Crippen LogP contribution in [0.5, 0.6) is 0 Å². The molecule has 0 radical (unpaired) electrons. The van der Waals surface area contributed by atoms with Crippen molar-refractivity contribution in [1.82, 2.24) is 10.2 Å². The third-order valence-corrected chi connectivity index (χ3v) is 3.61. The fraction of sp³-hybridized carbons (Fsp3) is 0.385. The van der Waals surface area contributed by atoms with Crippen LogP contribution in [0.4, 0.5) is 0 Å². The molecule has 0 spiro atoms. The average Bonchev–Trinajstić information content (AvgIpc) is 2.78. The van der Waals surface area contributed by atoms with E-state index in [-0.39, 0.29) is 11.8 Å². The number of hydrogen-bond acceptors (Lipinski definition) is 4. The predicted molar refractivity (Wildman–Crippen MR) is 73.8 cm³/mol. The predicted octanol–water partition coefficient (Wildman–Crippen LogP) is 0.0204. The summed E-state index contributed by atoms with van der Waals surface area (Å²) in [6.07, 6.45) is 0.357. The van der Waals surface area contributed by atoms with E-state index in [0.29, 0.717) is 38.2 Å². The molecular weight excluding hydrogens is 262 g/mol. The first-order chi connectivity index (χ1) is 9.20. The van der Waals surface area contributed by atoms with Gasteiger partial charge in [0, 0.05) is 31.4 Å². The smallest absolute Gasteiger partial charge is 0.254 e. The Kier molecular flexibility index (Phi) is 4.55. The van der Waals surface area contributed by atoms with Gasteiger partial charge in [0.2, 0.25) is 5.91 Å². The molecule has 0 aromatic carbocycles. The van der Waals surface area contributed by atoms with E-state index in [9.17, 15) is 9.59 Å². The third-order valence-electron chi connectivity index (χ3n) is 2.76. The Labute approximate surface area is 115 Å². The van der Waals surface area contributed by atoms with Gasteiger partial charge in [0.15, 0.2) is 0 Å². The maximum absolute atomic E-state index is 12.3. The first-order valence-electron chi connectivity index (χ1n) is 6.04. The van der Waals surface area contributed by atoms with E-state index in [1.165, 1.54) is 11.3 Å². The summed E-state index contributed by atoms with van der Waals surface area (Å²) in [6, 6.07) is 1.77. The number of carbonyl (C=O) groups excluding carboxylic acids is 2. The maximum Gasteiger partial charge on any atom is 0.254 e. The van der Waals surface area contributed by atoms with Crippen LogP contribution in [0.2, 0.25) is 0 Å². The van der Waals surface area contributed by atoms with Gasteiger partial charge in [0.25, 0.3) is 5.91 Å². The summed E-state index contributed by atoms with van der Waals surface area (Å²) in [5.74, 6) is 5.62. The fourth-order valence-electron chi connectivity index (χ4n) is 1.80. The second kappa shape index (κ2) is 6.36. The normalized spacial score (nSPS) is 15.2. The maximum atomic E-state index is 12.3. The molecule has 0 atom stereocenters. The summed E-state index contributed by atoms with van der Waals surface area (Å²) in [5, 5.41) is 4.54. The zero-order valence-corrected chi connectivity index (χ0v) is 11.3. The van der Waals surface area contributed by atoms with Gasteiger partial charge in [-0.2, -0.15) is 0 Å². The summed E-state index contributed by atoms with van der Waals surface area (Å²) in [4.78, 5) is 26.0. The van der Waals surface area contributed by atoms with Crippen LogP contribution in [-0.2, 0) is 4.79 Å². The highest BCUT2D eigenvalue weighted by Crippen LogP contribution is 2.16. The largest absolute Gasteiger partial charge is 0.354 e. The molecule has 1 aliphatic rings. The number of hydrogen-bond donors (Lipinski definition) is 2. The zero-order valence-electron chi connectivity index (χ0n) is 10.4. The molecule has 1 aromatic heterocycles. The summed E-state index contributed by atoms with van der Waals surface area (Å²) in [7, 11) is 0. The summed E-state index contributed by atoms with van der Waals surface area (Å²) >= 11 is 1.43. The SMILES string of the molecule is NCC#Cc1cc(C(=O)N2CCNC(=O)CC2)cs1. The first-order valence-corrected chi connectivity index (χ1v) is 6.92. The molecule has 6 heteroatoms. The van der Waals surface area contributed by atoms with Crippen LogP contribution >= 0.6 is 11.3 Å². The van der Waals surface area contributed by atoms with Crippen molar-refractivity contribution in [2.75, 3.05) is 26.2 Å². The summed E-state index contributed by atoms with van der Waals surface area (Å²) in [5.41, 5.74) is 5.93. The Morgan fingerprint density at radius 1 is 1.53 bits per heavy atom. The first kappa shape index (κ1) is 13.6. The quantitative estimate of drug-likeness (QED) is 0.711. The number of nitrogens with two attached hydrogens (primary N) is 1. The summed E-state index contributed by atoms with van der Waals surface area (Å²) < 4.78 is 0. The van der Waals surface area contributed by atoms with Crippen molar-refractivity contribution in [2.24, 2.45) is 5.73 Å². The van der Waals surface area contributed by atoms with E-state index in [1.807, 2.05) is 0 Å². The molecule has 100 valence electrons. The molecule has 0 aliphatic carbocycles. The highest BCUT2D eigenvalue weighted by Gasteiger charge is 2.20. The minimum Gasteiger partial charge on any atom is -0.354 e. The van der Waals surface area contributed by atoms with Crippen molar-refractivity contribution in [2.45, 2.75) is 6.42 Å². The molecule has 2 amide bonds. The van der Waals surface area contributed by atoms with E-state index in [1.54, 1.807) is 16.3 Å². The standard InChI is InChI=1S/C13H15N3O2S/c14-4-1-2-11-8-10(9-19-11)13(18)16-6-3-12(17)15-5-7-16/h8-9H,3-7,14H2,(H,15,17). The molecule has 2 rings (SSSR count). The molecule has 0 saturated carbocycles. The zero-order chi connectivity index (χ0) is 13.7. The second-order valence-electron chi connectivity index (χ2n) is 4.10. The van der Waals surface area contributed by atoms with Crippen LogP contribution in [0.15, 0.2) is 11.4 Å². The minimum atomic E-state index is -0.0476. The summed E-state index contributed by atoms with van der Waals surface area (Å²) in [6.45, 7) is 1.82. The lowest BCUT2D eigenvalue weighted by Crippen LogP contribution is -2.33. The molecule has 1 saturated heterocycles. The van der Waals surface area contributed by atoms with Crippen LogP contribution < -0.4 is 11.1 Å². The molecule has 19 heavy (non-hydrogen) atoms. The molecule has 5 nitrogen and oxygen atoms in total. The van der Waals surface area contributed by atoms with Crippen molar-refractivity contribution in [3.05, 3.63) is 21.9 Å². The molecule has 1 aliphatic heterocycles. The van der Waals surface area contributed by atoms with Crippen LogP contribution in [-0.4, -0.2) is 42.9 Å². The van der Waals surface area contributed by atoms with E-state index in [4.69, 9.17) is 5.73 Å². The van der Waals surface area contributed by atoms with Crippen molar-refractivity contribution < 1.29 is 9.59 Å². The Morgan fingerprint density at radius 2 is 2.37 bits per heavy atom. The van der Waals surface area contributed by atoms with Gasteiger partial charge in [-0.1, -0.05) is 11.8 Å². The molecular formula is C13H15N3O2S. The monoisotopic (exact) mass is 277 g/mol. The van der Waals surface area contributed by atoms with E-state index in [2.05, 4.69) is 17.2 Å². The topological polar surface area (TPSA) is 75.4 Å². The Balaban J connectivity index is 2.06. The Bertz CT molecular complexity index is 542. The highest BCUT2D eigenvalue weighted by atomic mass is 32.1. The number of thiophene rings is 1. The molecule has 1 aromatic rings. The van der Waals surface area contributed by atoms with Gasteiger partial charge in [-0.05, 0) is 6.07 Å². The fourth-order valence-corrected chi connectivity index (χ4v) is 2.55. The number of nitrogens with one attached hydrogen (secondary N) is 1. The molecule has 2 heterocycles. The van der Waals surface area contributed by atoms with Crippen LogP contribution in [0.1, 0.15) is 21.7 Å². The van der Waals surface area contributed by atoms with Gasteiger partial charge in [-0.15, -0.1) is 11.3 Å². The van der Waals surface area contributed by atoms with Gasteiger partial charge < -0.3 is 16.0 Å². The van der Waals surface area contributed by atoms with Crippen molar-refractivity contribution >= 4 is 23.2 Å². The van der Waals surface area contributed by atoms with Crippen molar-refractivity contribution in [3.8, 4) is 11.8 Å². The van der Waals surface area contributed by atoms with Crippen molar-refractivity contribution in [3.63, 3.8) is 0 Å². The van der Waals surface area contributed by atoms with Gasteiger partial charge >= 0.3 is 0 Å². The van der Waals surface area contributed by atoms with Crippen molar-refractivity contribution in [1.29, 1.82) is 0 Å². The van der Waals surface area contributed by atoms with Crippen LogP contribution in [0, 0.1) is 11.8 Å². The Morgan fingerprint density at radius 3 is 3.16 bits per heavy atom. The van der Waals surface area contributed by atoms with Crippen LogP contribution in [0.25, 0.3) is 0 Å². The van der Waals surface area contributed by atoms with Gasteiger partial charge in [0.1, 0.15) is 0 Å². The lowest BCUT2D eigenvalue weighted by Gasteiger charge is -2.18. The molecule has 0 bridgehead atoms. The van der Waals surface area contributed by atoms with E-state index >= 15 is 0 Å². The number of nitrogens with zero attached hydrogens (tertiary/aromatic N) is 1. The van der Waals surface area contributed by atoms with Crippen LogP contribution in [0.3, 0.4) is 0 Å². The van der Waals surface area contributed by atoms with Gasteiger partial charge in [0.05, 0.1) is 17.0 Å². The Hall–Kier alpha value is -1.84. The average molecular weight is 277 g/mol. The number of rotatable bonds is 1. The number of carbonyl (C=O) groups is 2. The van der Waals surface area contributed by atoms with Gasteiger partial charge in [-0.3, -0.25) is 9.59 Å². The van der Waals surface area contributed by atoms with Gasteiger partial charge in [-0.25, -0.2) is 0 Å². The third kappa shape index (κ3) is 3.56. The van der Waals surface area contributed by atoms with E-state index in [0.717, 1.165) is 4.88 Å². The molecule has 1 fully saturated rings. The highest BCUT2D eigenvalue weighted by molar-refractivity contribution is 7.10. The minimum absolute atomic E-state index is 0.00452. The molecule has 0 unspecified atom stereocenters.